The van der Waals surface area contributed by atoms with Gasteiger partial charge in [-0.3, -0.25) is 9.97 Å². The van der Waals surface area contributed by atoms with Gasteiger partial charge in [-0.25, -0.2) is 4.98 Å². The molecule has 27 heavy (non-hydrogen) atoms. The number of aryl methyl sites for hydroxylation is 2. The van der Waals surface area contributed by atoms with E-state index in [1.165, 1.54) is 47.5 Å². The van der Waals surface area contributed by atoms with E-state index < -0.39 is 0 Å². The Balaban J connectivity index is 0.0000001000. The average molecular weight is 359 g/mol. The smallest absolute Gasteiger partial charge is 0.129 e. The van der Waals surface area contributed by atoms with Gasteiger partial charge in [-0.1, -0.05) is 12.1 Å². The number of pyridine rings is 3. The van der Waals surface area contributed by atoms with Crippen molar-refractivity contribution in [1.29, 1.82) is 0 Å². The van der Waals surface area contributed by atoms with E-state index in [1.54, 1.807) is 0 Å². The summed E-state index contributed by atoms with van der Waals surface area (Å²) in [5, 5.41) is 6.43. The maximum absolute atomic E-state index is 4.26. The van der Waals surface area contributed by atoms with Crippen molar-refractivity contribution in [3.63, 3.8) is 0 Å². The molecule has 3 aliphatic rings. The predicted molar refractivity (Wildman–Crippen MR) is 109 cm³/mol. The minimum atomic E-state index is 1.05. The minimum absolute atomic E-state index is 1.05. The van der Waals surface area contributed by atoms with E-state index in [1.807, 2.05) is 36.8 Å². The average Bonchev–Trinajstić information content (AvgIpc) is 3.48. The highest BCUT2D eigenvalue weighted by atomic mass is 15.0. The van der Waals surface area contributed by atoms with Gasteiger partial charge >= 0.3 is 0 Å². The van der Waals surface area contributed by atoms with Crippen LogP contribution in [0.5, 0.6) is 0 Å². The van der Waals surface area contributed by atoms with E-state index >= 15 is 0 Å². The summed E-state index contributed by atoms with van der Waals surface area (Å²) >= 11 is 0. The molecule has 0 saturated heterocycles. The molecule has 0 unspecified atom stereocenters. The number of anilines is 2. The van der Waals surface area contributed by atoms with Gasteiger partial charge in [-0.15, -0.1) is 0 Å². The normalized spacial score (nSPS) is 15.0. The molecule has 5 heteroatoms. The van der Waals surface area contributed by atoms with Crippen LogP contribution in [0, 0.1) is 0 Å². The number of nitrogens with zero attached hydrogens (tertiary/aromatic N) is 3. The molecule has 0 spiro atoms. The van der Waals surface area contributed by atoms with Gasteiger partial charge in [0.1, 0.15) is 5.82 Å². The Hall–Kier alpha value is -2.95. The summed E-state index contributed by atoms with van der Waals surface area (Å²) in [5.74, 6) is 1.07. The number of aromatic nitrogens is 3. The zero-order chi connectivity index (χ0) is 18.3. The van der Waals surface area contributed by atoms with E-state index in [4.69, 9.17) is 0 Å². The summed E-state index contributed by atoms with van der Waals surface area (Å²) in [6.07, 6.45) is 11.5. The molecule has 0 atom stereocenters. The van der Waals surface area contributed by atoms with Crippen molar-refractivity contribution < 1.29 is 0 Å². The highest BCUT2D eigenvalue weighted by Crippen LogP contribution is 2.18. The Morgan fingerprint density at radius 1 is 0.630 bits per heavy atom. The lowest BCUT2D eigenvalue weighted by Gasteiger charge is -1.93. The third-order valence-electron chi connectivity index (χ3n) is 4.99. The van der Waals surface area contributed by atoms with Crippen LogP contribution in [0.25, 0.3) is 0 Å². The molecular formula is C22H25N5. The first-order chi connectivity index (χ1) is 13.4. The molecule has 5 heterocycles. The number of hydrogen-bond acceptors (Lipinski definition) is 5. The highest BCUT2D eigenvalue weighted by Gasteiger charge is 2.09. The van der Waals surface area contributed by atoms with Crippen molar-refractivity contribution in [3.8, 4) is 0 Å². The Kier molecular flexibility index (Phi) is 5.58. The molecule has 0 fully saturated rings. The molecular weight excluding hydrogens is 334 g/mol. The molecule has 138 valence electrons. The highest BCUT2D eigenvalue weighted by molar-refractivity contribution is 5.51. The van der Waals surface area contributed by atoms with Crippen LogP contribution in [-0.4, -0.2) is 28.0 Å². The standard InChI is InChI=1S/C8H9N.2C7H8N2/c1-3-7-4-2-6-9-8(7)5-1;1-2-6-7(8-4-1)3-5-9-6;1-2-6-3-5-9-7(6)8-4-1/h2,4,6H,1,3,5H2;1-2,4,9H,3,5H2;1-2,4H,3,5H2,(H,8,9). The van der Waals surface area contributed by atoms with Crippen LogP contribution in [0.1, 0.15) is 28.9 Å². The quantitative estimate of drug-likeness (QED) is 0.641. The second-order valence-corrected chi connectivity index (χ2v) is 6.83. The van der Waals surface area contributed by atoms with Crippen molar-refractivity contribution in [1.82, 2.24) is 15.0 Å². The molecule has 5 nitrogen and oxygen atoms in total. The van der Waals surface area contributed by atoms with Crippen LogP contribution in [0.15, 0.2) is 55.0 Å². The van der Waals surface area contributed by atoms with Gasteiger partial charge in [-0.2, -0.15) is 0 Å². The zero-order valence-electron chi connectivity index (χ0n) is 15.5. The van der Waals surface area contributed by atoms with Gasteiger partial charge in [0.25, 0.3) is 0 Å². The molecule has 2 aliphatic heterocycles. The molecule has 0 aromatic carbocycles. The largest absolute Gasteiger partial charge is 0.383 e. The van der Waals surface area contributed by atoms with E-state index in [0.717, 1.165) is 31.7 Å². The molecule has 0 bridgehead atoms. The Morgan fingerprint density at radius 3 is 2.19 bits per heavy atom. The lowest BCUT2D eigenvalue weighted by Crippen LogP contribution is -1.92. The van der Waals surface area contributed by atoms with Crippen molar-refractivity contribution in [2.75, 3.05) is 23.7 Å². The second kappa shape index (κ2) is 8.62. The van der Waals surface area contributed by atoms with Crippen LogP contribution < -0.4 is 10.6 Å². The lowest BCUT2D eigenvalue weighted by molar-refractivity contribution is 0.899. The molecule has 3 aromatic rings. The fourth-order valence-corrected chi connectivity index (χ4v) is 3.60. The third kappa shape index (κ3) is 4.42. The molecule has 2 N–H and O–H groups in total. The molecule has 3 aromatic heterocycles. The van der Waals surface area contributed by atoms with Gasteiger partial charge in [0, 0.05) is 43.8 Å². The summed E-state index contributed by atoms with van der Waals surface area (Å²) in [6, 6.07) is 12.3. The summed E-state index contributed by atoms with van der Waals surface area (Å²) in [7, 11) is 0. The second-order valence-electron chi connectivity index (χ2n) is 6.83. The number of hydrogen-bond donors (Lipinski definition) is 2. The SMILES string of the molecule is c1cnc2c(c1)CCC2.c1cnc2c(c1)CCN2.c1cnc2c(c1)NCC2. The summed E-state index contributed by atoms with van der Waals surface area (Å²) < 4.78 is 0. The monoisotopic (exact) mass is 359 g/mol. The molecule has 6 rings (SSSR count). The Morgan fingerprint density at radius 2 is 1.37 bits per heavy atom. The number of nitrogens with one attached hydrogen (secondary N) is 2. The van der Waals surface area contributed by atoms with Gasteiger partial charge in [0.05, 0.1) is 11.4 Å². The fraction of sp³-hybridized carbons (Fsp3) is 0.318. The first-order valence-electron chi connectivity index (χ1n) is 9.68. The Bertz CT molecular complexity index is 706. The number of rotatable bonds is 0. The van der Waals surface area contributed by atoms with Gasteiger partial charge in [-0.05, 0) is 61.1 Å². The summed E-state index contributed by atoms with van der Waals surface area (Å²) in [4.78, 5) is 12.6. The number of fused-ring (bicyclic) bond motifs is 3. The van der Waals surface area contributed by atoms with Crippen LogP contribution in [-0.2, 0) is 25.7 Å². The maximum Gasteiger partial charge on any atom is 0.129 e. The Labute approximate surface area is 160 Å². The summed E-state index contributed by atoms with van der Waals surface area (Å²) in [6.45, 7) is 2.10. The summed E-state index contributed by atoms with van der Waals surface area (Å²) in [5.41, 5.74) is 6.53. The van der Waals surface area contributed by atoms with E-state index in [0.29, 0.717) is 0 Å². The molecule has 1 aliphatic carbocycles. The third-order valence-corrected chi connectivity index (χ3v) is 4.99. The van der Waals surface area contributed by atoms with Crippen molar-refractivity contribution >= 4 is 11.5 Å². The topological polar surface area (TPSA) is 62.7 Å². The maximum atomic E-state index is 4.26. The van der Waals surface area contributed by atoms with Gasteiger partial charge in [0.2, 0.25) is 0 Å². The van der Waals surface area contributed by atoms with E-state index in [-0.39, 0.29) is 0 Å². The molecule has 0 radical (unpaired) electrons. The lowest BCUT2D eigenvalue weighted by atomic mass is 10.2. The van der Waals surface area contributed by atoms with Crippen LogP contribution >= 0.6 is 0 Å². The van der Waals surface area contributed by atoms with Gasteiger partial charge in [0.15, 0.2) is 0 Å². The first-order valence-corrected chi connectivity index (χ1v) is 9.68. The fourth-order valence-electron chi connectivity index (χ4n) is 3.60. The van der Waals surface area contributed by atoms with Gasteiger partial charge < -0.3 is 10.6 Å². The van der Waals surface area contributed by atoms with Crippen molar-refractivity contribution in [2.45, 2.75) is 32.1 Å². The van der Waals surface area contributed by atoms with Crippen LogP contribution in [0.4, 0.5) is 11.5 Å². The van der Waals surface area contributed by atoms with Crippen molar-refractivity contribution in [2.24, 2.45) is 0 Å². The predicted octanol–water partition coefficient (Wildman–Crippen LogP) is 3.67. The van der Waals surface area contributed by atoms with E-state index in [9.17, 15) is 0 Å². The zero-order valence-corrected chi connectivity index (χ0v) is 15.5. The van der Waals surface area contributed by atoms with Crippen molar-refractivity contribution in [3.05, 3.63) is 77.5 Å². The van der Waals surface area contributed by atoms with Crippen LogP contribution in [0.3, 0.4) is 0 Å². The van der Waals surface area contributed by atoms with E-state index in [2.05, 4.69) is 43.8 Å². The molecule has 0 saturated carbocycles. The molecule has 0 amide bonds. The first kappa shape index (κ1) is 17.5. The minimum Gasteiger partial charge on any atom is -0.383 e. The van der Waals surface area contributed by atoms with Crippen LogP contribution in [0.2, 0.25) is 0 Å².